The van der Waals surface area contributed by atoms with Crippen molar-refractivity contribution in [2.45, 2.75) is 44.2 Å². The van der Waals surface area contributed by atoms with E-state index in [-0.39, 0.29) is 0 Å². The molecule has 5 N–H and O–H groups in total. The van der Waals surface area contributed by atoms with E-state index in [0.29, 0.717) is 29.3 Å². The van der Waals surface area contributed by atoms with Crippen molar-refractivity contribution < 1.29 is 0 Å². The van der Waals surface area contributed by atoms with Crippen molar-refractivity contribution in [1.82, 2.24) is 35.8 Å². The molecule has 2 aromatic carbocycles. The second-order valence-corrected chi connectivity index (χ2v) is 9.45. The molecule has 0 unspecified atom stereocenters. The van der Waals surface area contributed by atoms with Crippen molar-refractivity contribution in [2.75, 3.05) is 18.8 Å². The van der Waals surface area contributed by atoms with E-state index >= 15 is 0 Å². The van der Waals surface area contributed by atoms with Gasteiger partial charge in [-0.15, -0.1) is 0 Å². The minimum absolute atomic E-state index is 0.308. The molecule has 2 atom stereocenters. The summed E-state index contributed by atoms with van der Waals surface area (Å²) in [6.07, 6.45) is 6.21. The predicted molar refractivity (Wildman–Crippen MR) is 136 cm³/mol. The molecule has 0 saturated carbocycles. The third-order valence-electron chi connectivity index (χ3n) is 7.10. The maximum absolute atomic E-state index is 6.19. The molecule has 1 aliphatic carbocycles. The van der Waals surface area contributed by atoms with E-state index in [2.05, 4.69) is 74.3 Å². The number of aromatic amines is 1. The SMILES string of the molecule is Nc1ncc(-c2cccc(CN[C@H]3CCc4ccccc43)c2)nc1-c1nc([C@@H]2CCCNC2)n[nH]1. The van der Waals surface area contributed by atoms with Crippen molar-refractivity contribution >= 4 is 5.82 Å². The first-order valence-electron chi connectivity index (χ1n) is 12.4. The van der Waals surface area contributed by atoms with Crippen LogP contribution in [-0.4, -0.2) is 38.2 Å². The molecule has 8 heteroatoms. The number of nitrogens with two attached hydrogens (primary N) is 1. The Morgan fingerprint density at radius 1 is 1.06 bits per heavy atom. The van der Waals surface area contributed by atoms with Crippen LogP contribution in [-0.2, 0) is 13.0 Å². The molecule has 4 aromatic rings. The van der Waals surface area contributed by atoms with Crippen LogP contribution in [0.3, 0.4) is 0 Å². The smallest absolute Gasteiger partial charge is 0.178 e. The van der Waals surface area contributed by atoms with Gasteiger partial charge in [0.15, 0.2) is 17.5 Å². The predicted octanol–water partition coefficient (Wildman–Crippen LogP) is 3.76. The zero-order valence-electron chi connectivity index (χ0n) is 19.7. The van der Waals surface area contributed by atoms with Crippen molar-refractivity contribution in [3.8, 4) is 22.8 Å². The lowest BCUT2D eigenvalue weighted by Crippen LogP contribution is -2.28. The number of rotatable bonds is 6. The minimum atomic E-state index is 0.308. The zero-order valence-corrected chi connectivity index (χ0v) is 19.7. The summed E-state index contributed by atoms with van der Waals surface area (Å²) in [5.41, 5.74) is 12.6. The van der Waals surface area contributed by atoms with Crippen LogP contribution in [0.2, 0.25) is 0 Å². The van der Waals surface area contributed by atoms with Crippen LogP contribution in [0.15, 0.2) is 54.7 Å². The largest absolute Gasteiger partial charge is 0.382 e. The summed E-state index contributed by atoms with van der Waals surface area (Å²) in [5, 5.41) is 14.6. The van der Waals surface area contributed by atoms with Crippen LogP contribution in [0, 0.1) is 0 Å². The quantitative estimate of drug-likeness (QED) is 0.342. The van der Waals surface area contributed by atoms with Crippen molar-refractivity contribution in [1.29, 1.82) is 0 Å². The molecule has 8 nitrogen and oxygen atoms in total. The monoisotopic (exact) mass is 466 g/mol. The molecule has 35 heavy (non-hydrogen) atoms. The second kappa shape index (κ2) is 9.56. The fourth-order valence-electron chi connectivity index (χ4n) is 5.20. The molecule has 6 rings (SSSR count). The lowest BCUT2D eigenvalue weighted by atomic mass is 9.99. The van der Waals surface area contributed by atoms with Gasteiger partial charge in [-0.25, -0.2) is 15.0 Å². The number of hydrogen-bond donors (Lipinski definition) is 4. The Bertz CT molecular complexity index is 1320. The Morgan fingerprint density at radius 2 is 2.00 bits per heavy atom. The van der Waals surface area contributed by atoms with Gasteiger partial charge in [0.05, 0.1) is 11.9 Å². The number of nitrogen functional groups attached to an aromatic ring is 1. The zero-order chi connectivity index (χ0) is 23.6. The third-order valence-corrected chi connectivity index (χ3v) is 7.10. The lowest BCUT2D eigenvalue weighted by molar-refractivity contribution is 0.447. The van der Waals surface area contributed by atoms with Crippen LogP contribution >= 0.6 is 0 Å². The Morgan fingerprint density at radius 3 is 2.91 bits per heavy atom. The van der Waals surface area contributed by atoms with Gasteiger partial charge in [0, 0.05) is 30.6 Å². The van der Waals surface area contributed by atoms with Gasteiger partial charge in [-0.2, -0.15) is 5.10 Å². The molecule has 0 spiro atoms. The number of fused-ring (bicyclic) bond motifs is 1. The number of anilines is 1. The fourth-order valence-corrected chi connectivity index (χ4v) is 5.20. The number of aryl methyl sites for hydroxylation is 1. The standard InChI is InChI=1S/C27H30N8/c28-25-24(27-33-26(34-35-27)20-8-4-12-29-15-20)32-23(16-31-25)19-7-3-5-17(13-19)14-30-22-11-10-18-6-1-2-9-21(18)22/h1-3,5-7,9,13,16,20,22,29-30H,4,8,10-12,14-15H2,(H2,28,31)(H,33,34,35)/t20-,22+/m1/s1. The van der Waals surface area contributed by atoms with Gasteiger partial charge in [-0.3, -0.25) is 5.10 Å². The third kappa shape index (κ3) is 4.54. The molecule has 178 valence electrons. The van der Waals surface area contributed by atoms with Crippen LogP contribution in [0.25, 0.3) is 22.8 Å². The highest BCUT2D eigenvalue weighted by Crippen LogP contribution is 2.31. The minimum Gasteiger partial charge on any atom is -0.382 e. The molecule has 1 aliphatic heterocycles. The van der Waals surface area contributed by atoms with E-state index in [1.807, 2.05) is 0 Å². The van der Waals surface area contributed by atoms with E-state index in [0.717, 1.165) is 62.4 Å². The van der Waals surface area contributed by atoms with Gasteiger partial charge in [0.25, 0.3) is 0 Å². The van der Waals surface area contributed by atoms with Gasteiger partial charge in [0.2, 0.25) is 0 Å². The molecule has 2 aliphatic rings. The topological polar surface area (TPSA) is 117 Å². The second-order valence-electron chi connectivity index (χ2n) is 9.45. The summed E-state index contributed by atoms with van der Waals surface area (Å²) in [6, 6.07) is 17.5. The summed E-state index contributed by atoms with van der Waals surface area (Å²) < 4.78 is 0. The molecule has 1 fully saturated rings. The van der Waals surface area contributed by atoms with E-state index in [9.17, 15) is 0 Å². The van der Waals surface area contributed by atoms with Crippen LogP contribution in [0.1, 0.15) is 53.7 Å². The Hall–Kier alpha value is -3.62. The van der Waals surface area contributed by atoms with E-state index in [1.165, 1.54) is 16.7 Å². The summed E-state index contributed by atoms with van der Waals surface area (Å²) in [4.78, 5) is 13.9. The van der Waals surface area contributed by atoms with Crippen molar-refractivity contribution in [2.24, 2.45) is 0 Å². The summed E-state index contributed by atoms with van der Waals surface area (Å²) >= 11 is 0. The highest BCUT2D eigenvalue weighted by molar-refractivity contribution is 5.69. The van der Waals surface area contributed by atoms with Crippen LogP contribution in [0.4, 0.5) is 5.82 Å². The molecular weight excluding hydrogens is 436 g/mol. The van der Waals surface area contributed by atoms with Gasteiger partial charge >= 0.3 is 0 Å². The average molecular weight is 467 g/mol. The van der Waals surface area contributed by atoms with Crippen molar-refractivity contribution in [3.05, 3.63) is 77.2 Å². The van der Waals surface area contributed by atoms with Gasteiger partial charge in [-0.1, -0.05) is 42.5 Å². The molecular formula is C27H30N8. The number of nitrogens with zero attached hydrogens (tertiary/aromatic N) is 4. The van der Waals surface area contributed by atoms with E-state index < -0.39 is 0 Å². The highest BCUT2D eigenvalue weighted by atomic mass is 15.2. The number of benzene rings is 2. The first kappa shape index (κ1) is 21.9. The summed E-state index contributed by atoms with van der Waals surface area (Å²) in [5.74, 6) is 2.02. The molecule has 0 bridgehead atoms. The first-order valence-corrected chi connectivity index (χ1v) is 12.4. The molecule has 2 aromatic heterocycles. The van der Waals surface area contributed by atoms with Gasteiger partial charge < -0.3 is 16.4 Å². The molecule has 0 amide bonds. The van der Waals surface area contributed by atoms with Gasteiger partial charge in [0.1, 0.15) is 5.69 Å². The normalized spacial score (nSPS) is 19.5. The van der Waals surface area contributed by atoms with E-state index in [1.54, 1.807) is 6.20 Å². The van der Waals surface area contributed by atoms with Crippen molar-refractivity contribution in [3.63, 3.8) is 0 Å². The maximum Gasteiger partial charge on any atom is 0.178 e. The van der Waals surface area contributed by atoms with Crippen LogP contribution < -0.4 is 16.4 Å². The van der Waals surface area contributed by atoms with E-state index in [4.69, 9.17) is 15.7 Å². The Balaban J connectivity index is 1.20. The molecule has 3 heterocycles. The Labute approximate surface area is 204 Å². The lowest BCUT2D eigenvalue weighted by Gasteiger charge is -2.19. The first-order chi connectivity index (χ1) is 17.2. The molecule has 1 saturated heterocycles. The summed E-state index contributed by atoms with van der Waals surface area (Å²) in [6.45, 7) is 2.74. The van der Waals surface area contributed by atoms with Crippen LogP contribution in [0.5, 0.6) is 0 Å². The summed E-state index contributed by atoms with van der Waals surface area (Å²) in [7, 11) is 0. The Kier molecular flexibility index (Phi) is 5.98. The maximum atomic E-state index is 6.19. The highest BCUT2D eigenvalue weighted by Gasteiger charge is 2.22. The molecule has 0 radical (unpaired) electrons. The number of aromatic nitrogens is 5. The number of piperidine rings is 1. The number of hydrogen-bond acceptors (Lipinski definition) is 7. The number of H-pyrrole nitrogens is 1. The average Bonchev–Trinajstić information content (AvgIpc) is 3.56. The number of nitrogens with one attached hydrogen (secondary N) is 3. The fraction of sp³-hybridized carbons (Fsp3) is 0.333. The van der Waals surface area contributed by atoms with Gasteiger partial charge in [-0.05, 0) is 55.0 Å².